The number of carbonyl (C=O) groups excluding carboxylic acids is 1. The summed E-state index contributed by atoms with van der Waals surface area (Å²) in [5.41, 5.74) is 5.38. The second kappa shape index (κ2) is 50.1. The molecule has 65 heavy (non-hydrogen) atoms. The van der Waals surface area contributed by atoms with Gasteiger partial charge in [-0.2, -0.15) is 0 Å². The first-order chi connectivity index (χ1) is 31.7. The molecule has 382 valence electrons. The lowest BCUT2D eigenvalue weighted by atomic mass is 10.0. The van der Waals surface area contributed by atoms with Crippen LogP contribution in [0.2, 0.25) is 0 Å². The van der Waals surface area contributed by atoms with E-state index in [0.29, 0.717) is 13.0 Å². The van der Waals surface area contributed by atoms with Crippen LogP contribution in [0, 0.1) is 0 Å². The van der Waals surface area contributed by atoms with Crippen LogP contribution in [0.3, 0.4) is 0 Å². The Labute approximate surface area is 399 Å². The van der Waals surface area contributed by atoms with Gasteiger partial charge >= 0.3 is 19.8 Å². The maximum absolute atomic E-state index is 12.7. The summed E-state index contributed by atoms with van der Waals surface area (Å²) in [6, 6.07) is -1.47. The van der Waals surface area contributed by atoms with Crippen molar-refractivity contribution in [3.8, 4) is 0 Å². The van der Waals surface area contributed by atoms with E-state index >= 15 is 0 Å². The first kappa shape index (κ1) is 63.2. The maximum Gasteiger partial charge on any atom is 0.472 e. The molecule has 3 atom stereocenters. The van der Waals surface area contributed by atoms with Crippen molar-refractivity contribution in [1.29, 1.82) is 0 Å². The summed E-state index contributed by atoms with van der Waals surface area (Å²) in [6.07, 6.45) is 59.2. The van der Waals surface area contributed by atoms with Crippen LogP contribution in [0.5, 0.6) is 0 Å². The number of ether oxygens (including phenoxy) is 2. The fraction of sp³-hybridized carbons (Fsp3) is 0.852. The molecule has 0 rings (SSSR count). The van der Waals surface area contributed by atoms with E-state index < -0.39 is 45.1 Å². The highest BCUT2D eigenvalue weighted by molar-refractivity contribution is 7.47. The van der Waals surface area contributed by atoms with Crippen LogP contribution in [0.1, 0.15) is 258 Å². The molecular formula is C54H102NO9P. The van der Waals surface area contributed by atoms with Crippen LogP contribution in [0.4, 0.5) is 0 Å². The summed E-state index contributed by atoms with van der Waals surface area (Å²) in [4.78, 5) is 33.7. The van der Waals surface area contributed by atoms with Gasteiger partial charge in [-0.15, -0.1) is 0 Å². The predicted octanol–water partition coefficient (Wildman–Crippen LogP) is 16.0. The summed E-state index contributed by atoms with van der Waals surface area (Å²) >= 11 is 0. The minimum Gasteiger partial charge on any atom is -0.480 e. The summed E-state index contributed by atoms with van der Waals surface area (Å²) in [7, 11) is -4.62. The Morgan fingerprint density at radius 3 is 1.26 bits per heavy atom. The molecule has 0 amide bonds. The molecular weight excluding hydrogens is 838 g/mol. The number of hydrogen-bond acceptors (Lipinski definition) is 8. The molecule has 0 fully saturated rings. The number of rotatable bonds is 52. The highest BCUT2D eigenvalue weighted by atomic mass is 31.2. The largest absolute Gasteiger partial charge is 0.480 e. The number of carboxylic acid groups (broad SMARTS) is 1. The number of esters is 1. The number of nitrogens with two attached hydrogens (primary N) is 1. The molecule has 0 aromatic heterocycles. The van der Waals surface area contributed by atoms with Gasteiger partial charge in [-0.25, -0.2) is 4.57 Å². The van der Waals surface area contributed by atoms with Crippen molar-refractivity contribution >= 4 is 19.8 Å². The lowest BCUT2D eigenvalue weighted by Crippen LogP contribution is -2.34. The second-order valence-corrected chi connectivity index (χ2v) is 19.8. The molecule has 0 spiro atoms. The van der Waals surface area contributed by atoms with E-state index in [1.807, 2.05) is 0 Å². The van der Waals surface area contributed by atoms with E-state index in [1.54, 1.807) is 0 Å². The third kappa shape index (κ3) is 49.9. The molecule has 0 heterocycles. The van der Waals surface area contributed by atoms with Crippen LogP contribution in [-0.4, -0.2) is 60.5 Å². The van der Waals surface area contributed by atoms with E-state index in [-0.39, 0.29) is 13.0 Å². The van der Waals surface area contributed by atoms with Crippen LogP contribution in [0.15, 0.2) is 36.5 Å². The quantitative estimate of drug-likeness (QED) is 0.0232. The molecule has 0 saturated heterocycles. The average Bonchev–Trinajstić information content (AvgIpc) is 3.29. The van der Waals surface area contributed by atoms with Crippen molar-refractivity contribution in [3.63, 3.8) is 0 Å². The number of phosphoric ester groups is 1. The van der Waals surface area contributed by atoms with Gasteiger partial charge in [-0.3, -0.25) is 18.6 Å². The van der Waals surface area contributed by atoms with Crippen molar-refractivity contribution < 1.29 is 42.7 Å². The smallest absolute Gasteiger partial charge is 0.472 e. The van der Waals surface area contributed by atoms with Crippen molar-refractivity contribution in [2.24, 2.45) is 5.73 Å². The zero-order valence-electron chi connectivity index (χ0n) is 42.1. The number of aliphatic carboxylic acids is 1. The monoisotopic (exact) mass is 940 g/mol. The molecule has 0 aliphatic rings. The first-order valence-corrected chi connectivity index (χ1v) is 28.5. The van der Waals surface area contributed by atoms with Crippen molar-refractivity contribution in [3.05, 3.63) is 36.5 Å². The Morgan fingerprint density at radius 2 is 0.846 bits per heavy atom. The molecule has 0 aliphatic carbocycles. The van der Waals surface area contributed by atoms with E-state index in [0.717, 1.165) is 57.8 Å². The summed E-state index contributed by atoms with van der Waals surface area (Å²) < 4.78 is 33.6. The van der Waals surface area contributed by atoms with E-state index in [2.05, 4.69) is 50.3 Å². The molecule has 0 saturated carbocycles. The normalized spacial score (nSPS) is 13.9. The van der Waals surface area contributed by atoms with E-state index in [4.69, 9.17) is 29.4 Å². The van der Waals surface area contributed by atoms with Crippen molar-refractivity contribution in [1.82, 2.24) is 0 Å². The van der Waals surface area contributed by atoms with Crippen LogP contribution in [-0.2, 0) is 32.7 Å². The molecule has 11 heteroatoms. The van der Waals surface area contributed by atoms with Gasteiger partial charge < -0.3 is 25.2 Å². The number of hydrogen-bond donors (Lipinski definition) is 3. The fourth-order valence-electron chi connectivity index (χ4n) is 7.73. The lowest BCUT2D eigenvalue weighted by molar-refractivity contribution is -0.154. The highest BCUT2D eigenvalue weighted by Gasteiger charge is 2.27. The number of carboxylic acids is 1. The molecule has 0 aromatic carbocycles. The van der Waals surface area contributed by atoms with Crippen LogP contribution < -0.4 is 5.73 Å². The van der Waals surface area contributed by atoms with Crippen LogP contribution >= 0.6 is 7.82 Å². The van der Waals surface area contributed by atoms with Gasteiger partial charge in [0.2, 0.25) is 0 Å². The summed E-state index contributed by atoms with van der Waals surface area (Å²) in [6.45, 7) is 3.91. The zero-order valence-corrected chi connectivity index (χ0v) is 43.0. The first-order valence-electron chi connectivity index (χ1n) is 27.0. The molecule has 3 unspecified atom stereocenters. The number of allylic oxidation sites excluding steroid dienone is 6. The minimum atomic E-state index is -4.62. The Hall–Kier alpha value is -1.81. The third-order valence-electron chi connectivity index (χ3n) is 11.9. The molecule has 0 aliphatic heterocycles. The number of unbranched alkanes of at least 4 members (excludes halogenated alkanes) is 32. The minimum absolute atomic E-state index is 0.0174. The van der Waals surface area contributed by atoms with E-state index in [9.17, 15) is 19.0 Å². The molecule has 4 N–H and O–H groups in total. The molecule has 0 aromatic rings. The maximum atomic E-state index is 12.7. The fourth-order valence-corrected chi connectivity index (χ4v) is 8.51. The molecule has 0 radical (unpaired) electrons. The second-order valence-electron chi connectivity index (χ2n) is 18.4. The number of phosphoric acid groups is 1. The highest BCUT2D eigenvalue weighted by Crippen LogP contribution is 2.43. The molecule has 0 bridgehead atoms. The average molecular weight is 940 g/mol. The Bertz CT molecular complexity index is 1180. The Morgan fingerprint density at radius 1 is 0.492 bits per heavy atom. The molecule has 10 nitrogen and oxygen atoms in total. The Kier molecular flexibility index (Phi) is 48.7. The van der Waals surface area contributed by atoms with Crippen molar-refractivity contribution in [2.45, 2.75) is 270 Å². The van der Waals surface area contributed by atoms with Gasteiger partial charge in [0.05, 0.1) is 19.8 Å². The van der Waals surface area contributed by atoms with Gasteiger partial charge in [-0.05, 0) is 51.4 Å². The SMILES string of the molecule is CCCCCCC/C=C\C/C=C\C/C=C\CCCCCCCCCCC(=O)OC(COCCCCCCCCCCCCCCCCCCCCCC)COP(=O)(O)OCC(N)C(=O)O. The van der Waals surface area contributed by atoms with Gasteiger partial charge in [0.15, 0.2) is 0 Å². The van der Waals surface area contributed by atoms with Gasteiger partial charge in [0, 0.05) is 13.0 Å². The van der Waals surface area contributed by atoms with Gasteiger partial charge in [0.25, 0.3) is 0 Å². The van der Waals surface area contributed by atoms with Gasteiger partial charge in [-0.1, -0.05) is 237 Å². The predicted molar refractivity (Wildman–Crippen MR) is 272 cm³/mol. The van der Waals surface area contributed by atoms with E-state index in [1.165, 1.54) is 173 Å². The lowest BCUT2D eigenvalue weighted by Gasteiger charge is -2.20. The number of carbonyl (C=O) groups is 2. The summed E-state index contributed by atoms with van der Waals surface area (Å²) in [5.74, 6) is -1.78. The third-order valence-corrected chi connectivity index (χ3v) is 12.9. The zero-order chi connectivity index (χ0) is 47.6. The topological polar surface area (TPSA) is 155 Å². The Balaban J connectivity index is 4.11. The van der Waals surface area contributed by atoms with Gasteiger partial charge in [0.1, 0.15) is 12.1 Å². The van der Waals surface area contributed by atoms with Crippen molar-refractivity contribution in [2.75, 3.05) is 26.4 Å². The standard InChI is InChI=1S/C54H102NO9P/c1-3-5-7-9-11-13-15-17-19-21-23-25-26-27-28-30-32-34-36-38-40-42-44-46-53(56)64-51(49-62-65(59,60)63-50-52(55)54(57)58)48-61-47-45-43-41-39-37-35-33-31-29-24-22-20-18-16-14-12-10-8-6-4-2/h15,17,21,23,26-27,51-52H,3-14,16,18-20,22,24-25,28-50,55H2,1-2H3,(H,57,58)(H,59,60)/b17-15-,23-21-,27-26-. The summed E-state index contributed by atoms with van der Waals surface area (Å²) in [5, 5.41) is 8.94. The van der Waals surface area contributed by atoms with Crippen LogP contribution in [0.25, 0.3) is 0 Å².